The average Bonchev–Trinajstić information content (AvgIpc) is 3.30. The van der Waals surface area contributed by atoms with Gasteiger partial charge in [-0.2, -0.15) is 10.1 Å². The molecule has 9 nitrogen and oxygen atoms in total. The molecule has 3 heterocycles. The van der Waals surface area contributed by atoms with Crippen molar-refractivity contribution in [3.05, 3.63) is 46.9 Å². The SMILES string of the molecule is Cc1cc(NC(=O)CN2CCN(Cc3nc(-c4ccc(Cl)cc4)no3)CC2)n(C)n1. The highest BCUT2D eigenvalue weighted by molar-refractivity contribution is 6.30. The summed E-state index contributed by atoms with van der Waals surface area (Å²) in [6.45, 7) is 6.12. The molecular weight excluding hydrogens is 406 g/mol. The molecule has 0 aliphatic carbocycles. The number of nitrogens with zero attached hydrogens (tertiary/aromatic N) is 6. The van der Waals surface area contributed by atoms with Crippen LogP contribution in [0.5, 0.6) is 0 Å². The Labute approximate surface area is 179 Å². The van der Waals surface area contributed by atoms with Crippen LogP contribution in [0.1, 0.15) is 11.6 Å². The van der Waals surface area contributed by atoms with Crippen LogP contribution in [-0.4, -0.2) is 68.4 Å². The maximum Gasteiger partial charge on any atom is 0.241 e. The minimum absolute atomic E-state index is 0.0315. The van der Waals surface area contributed by atoms with Gasteiger partial charge in [0.25, 0.3) is 0 Å². The number of halogens is 1. The lowest BCUT2D eigenvalue weighted by Gasteiger charge is -2.33. The molecule has 10 heteroatoms. The fourth-order valence-electron chi connectivity index (χ4n) is 3.45. The minimum Gasteiger partial charge on any atom is -0.338 e. The molecule has 158 valence electrons. The summed E-state index contributed by atoms with van der Waals surface area (Å²) in [5.41, 5.74) is 1.75. The van der Waals surface area contributed by atoms with Crippen molar-refractivity contribution < 1.29 is 9.32 Å². The van der Waals surface area contributed by atoms with Crippen LogP contribution in [-0.2, 0) is 18.4 Å². The second-order valence-electron chi connectivity index (χ2n) is 7.41. The van der Waals surface area contributed by atoms with Crippen LogP contribution in [0.4, 0.5) is 5.82 Å². The van der Waals surface area contributed by atoms with Crippen molar-refractivity contribution in [2.45, 2.75) is 13.5 Å². The van der Waals surface area contributed by atoms with Gasteiger partial charge >= 0.3 is 0 Å². The monoisotopic (exact) mass is 429 g/mol. The number of aryl methyl sites for hydroxylation is 2. The Morgan fingerprint density at radius 2 is 1.87 bits per heavy atom. The van der Waals surface area contributed by atoms with Crippen LogP contribution in [0, 0.1) is 6.92 Å². The number of rotatable bonds is 6. The van der Waals surface area contributed by atoms with Crippen LogP contribution in [0.2, 0.25) is 5.02 Å². The lowest BCUT2D eigenvalue weighted by molar-refractivity contribution is -0.117. The molecule has 0 unspecified atom stereocenters. The van der Waals surface area contributed by atoms with Gasteiger partial charge in [-0.15, -0.1) is 0 Å². The van der Waals surface area contributed by atoms with Gasteiger partial charge in [0, 0.05) is 49.9 Å². The smallest absolute Gasteiger partial charge is 0.241 e. The Bertz CT molecular complexity index is 1010. The van der Waals surface area contributed by atoms with Crippen molar-refractivity contribution in [1.82, 2.24) is 29.7 Å². The molecule has 3 aromatic rings. The number of benzene rings is 1. The van der Waals surface area contributed by atoms with Crippen LogP contribution in [0.3, 0.4) is 0 Å². The molecule has 0 atom stereocenters. The summed E-state index contributed by atoms with van der Waals surface area (Å²) in [4.78, 5) is 21.2. The number of anilines is 1. The number of nitrogens with one attached hydrogen (secondary N) is 1. The van der Waals surface area contributed by atoms with E-state index >= 15 is 0 Å². The van der Waals surface area contributed by atoms with E-state index in [1.807, 2.05) is 32.2 Å². The summed E-state index contributed by atoms with van der Waals surface area (Å²) >= 11 is 5.92. The third-order valence-corrected chi connectivity index (χ3v) is 5.28. The first-order chi connectivity index (χ1) is 14.5. The van der Waals surface area contributed by atoms with E-state index in [0.29, 0.717) is 35.6 Å². The van der Waals surface area contributed by atoms with Gasteiger partial charge in [-0.3, -0.25) is 19.3 Å². The molecule has 30 heavy (non-hydrogen) atoms. The quantitative estimate of drug-likeness (QED) is 0.642. The van der Waals surface area contributed by atoms with Crippen molar-refractivity contribution in [3.8, 4) is 11.4 Å². The molecule has 0 saturated carbocycles. The second kappa shape index (κ2) is 8.95. The summed E-state index contributed by atoms with van der Waals surface area (Å²) in [5, 5.41) is 11.9. The molecule has 0 radical (unpaired) electrons. The van der Waals surface area contributed by atoms with Gasteiger partial charge in [0.05, 0.1) is 18.8 Å². The maximum absolute atomic E-state index is 12.3. The normalized spacial score (nSPS) is 15.4. The molecule has 2 aromatic heterocycles. The number of carbonyl (C=O) groups excluding carboxylic acids is 1. The summed E-state index contributed by atoms with van der Waals surface area (Å²) in [5.74, 6) is 1.82. The molecule has 1 amide bonds. The first-order valence-electron chi connectivity index (χ1n) is 9.80. The molecule has 0 spiro atoms. The van der Waals surface area contributed by atoms with Crippen LogP contribution in [0.15, 0.2) is 34.9 Å². The molecular formula is C20H24ClN7O2. The van der Waals surface area contributed by atoms with E-state index in [9.17, 15) is 4.79 Å². The zero-order valence-electron chi connectivity index (χ0n) is 17.0. The second-order valence-corrected chi connectivity index (χ2v) is 7.85. The maximum atomic E-state index is 12.3. The highest BCUT2D eigenvalue weighted by atomic mass is 35.5. The summed E-state index contributed by atoms with van der Waals surface area (Å²) in [7, 11) is 1.82. The van der Waals surface area contributed by atoms with Gasteiger partial charge in [-0.25, -0.2) is 0 Å². The van der Waals surface area contributed by atoms with E-state index in [-0.39, 0.29) is 5.91 Å². The zero-order valence-corrected chi connectivity index (χ0v) is 17.8. The third-order valence-electron chi connectivity index (χ3n) is 5.03. The van der Waals surface area contributed by atoms with E-state index in [4.69, 9.17) is 16.1 Å². The summed E-state index contributed by atoms with van der Waals surface area (Å²) < 4.78 is 7.08. The molecule has 1 saturated heterocycles. The molecule has 1 N–H and O–H groups in total. The van der Waals surface area contributed by atoms with Crippen LogP contribution >= 0.6 is 11.6 Å². The first kappa shape index (κ1) is 20.5. The van der Waals surface area contributed by atoms with E-state index in [0.717, 1.165) is 37.4 Å². The summed E-state index contributed by atoms with van der Waals surface area (Å²) in [6, 6.07) is 9.20. The first-order valence-corrected chi connectivity index (χ1v) is 10.2. The topological polar surface area (TPSA) is 92.3 Å². The average molecular weight is 430 g/mol. The Morgan fingerprint density at radius 1 is 1.17 bits per heavy atom. The molecule has 1 aliphatic rings. The number of piperazine rings is 1. The largest absolute Gasteiger partial charge is 0.338 e. The van der Waals surface area contributed by atoms with Crippen molar-refractivity contribution in [2.75, 3.05) is 38.0 Å². The van der Waals surface area contributed by atoms with E-state index < -0.39 is 0 Å². The number of aromatic nitrogens is 4. The van der Waals surface area contributed by atoms with Crippen molar-refractivity contribution in [2.24, 2.45) is 7.05 Å². The molecule has 1 fully saturated rings. The number of carbonyl (C=O) groups is 1. The minimum atomic E-state index is -0.0315. The van der Waals surface area contributed by atoms with Crippen molar-refractivity contribution in [3.63, 3.8) is 0 Å². The third kappa shape index (κ3) is 5.05. The van der Waals surface area contributed by atoms with Crippen LogP contribution in [0.25, 0.3) is 11.4 Å². The number of amides is 1. The van der Waals surface area contributed by atoms with Gasteiger partial charge in [-0.05, 0) is 31.2 Å². The predicted molar refractivity (Wildman–Crippen MR) is 113 cm³/mol. The molecule has 4 rings (SSSR count). The Kier molecular flexibility index (Phi) is 6.12. The fourth-order valence-corrected chi connectivity index (χ4v) is 3.57. The van der Waals surface area contributed by atoms with E-state index in [1.54, 1.807) is 16.8 Å². The summed E-state index contributed by atoms with van der Waals surface area (Å²) in [6.07, 6.45) is 0. The van der Waals surface area contributed by atoms with Crippen molar-refractivity contribution >= 4 is 23.3 Å². The standard InChI is InChI=1S/C20H24ClN7O2/c1-14-11-17(26(2)24-14)22-18(29)12-27-7-9-28(10-8-27)13-19-23-20(25-30-19)15-3-5-16(21)6-4-15/h3-6,11H,7-10,12-13H2,1-2H3,(H,22,29). The lowest BCUT2D eigenvalue weighted by atomic mass is 10.2. The predicted octanol–water partition coefficient (Wildman–Crippen LogP) is 2.19. The fraction of sp³-hybridized carbons (Fsp3) is 0.400. The number of hydrogen-bond acceptors (Lipinski definition) is 7. The van der Waals surface area contributed by atoms with E-state index in [2.05, 4.69) is 30.4 Å². The zero-order chi connectivity index (χ0) is 21.1. The van der Waals surface area contributed by atoms with Gasteiger partial charge in [0.2, 0.25) is 17.6 Å². The molecule has 1 aliphatic heterocycles. The highest BCUT2D eigenvalue weighted by Crippen LogP contribution is 2.19. The number of hydrogen-bond donors (Lipinski definition) is 1. The van der Waals surface area contributed by atoms with Gasteiger partial charge < -0.3 is 9.84 Å². The van der Waals surface area contributed by atoms with E-state index in [1.165, 1.54) is 0 Å². The molecule has 0 bridgehead atoms. The Hall–Kier alpha value is -2.75. The Morgan fingerprint density at radius 3 is 2.53 bits per heavy atom. The van der Waals surface area contributed by atoms with Gasteiger partial charge in [0.15, 0.2) is 0 Å². The van der Waals surface area contributed by atoms with Gasteiger partial charge in [-0.1, -0.05) is 16.8 Å². The highest BCUT2D eigenvalue weighted by Gasteiger charge is 2.21. The van der Waals surface area contributed by atoms with Gasteiger partial charge in [0.1, 0.15) is 5.82 Å². The van der Waals surface area contributed by atoms with Crippen LogP contribution < -0.4 is 5.32 Å². The van der Waals surface area contributed by atoms with Crippen molar-refractivity contribution in [1.29, 1.82) is 0 Å². The Balaban J connectivity index is 1.24. The lowest BCUT2D eigenvalue weighted by Crippen LogP contribution is -2.48. The molecule has 1 aromatic carbocycles.